The summed E-state index contributed by atoms with van der Waals surface area (Å²) in [5, 5.41) is 8.87. The van der Waals surface area contributed by atoms with E-state index in [0.29, 0.717) is 18.6 Å². The molecule has 2 atom stereocenters. The van der Waals surface area contributed by atoms with Crippen molar-refractivity contribution in [3.63, 3.8) is 0 Å². The van der Waals surface area contributed by atoms with Crippen LogP contribution in [0.15, 0.2) is 0 Å². The molecule has 4 nitrogen and oxygen atoms in total. The maximum Gasteiger partial charge on any atom is 0.317 e. The van der Waals surface area contributed by atoms with E-state index in [9.17, 15) is 4.79 Å². The summed E-state index contributed by atoms with van der Waals surface area (Å²) in [6, 6.07) is 0.442. The van der Waals surface area contributed by atoms with Gasteiger partial charge in [0.2, 0.25) is 0 Å². The monoisotopic (exact) mass is 213 g/mol. The van der Waals surface area contributed by atoms with Crippen molar-refractivity contribution in [2.24, 2.45) is 5.92 Å². The van der Waals surface area contributed by atoms with Crippen LogP contribution in [-0.4, -0.2) is 48.3 Å². The molecule has 1 N–H and O–H groups in total. The second kappa shape index (κ2) is 4.94. The number of hydrogen-bond acceptors (Lipinski definition) is 3. The highest BCUT2D eigenvalue weighted by Crippen LogP contribution is 2.30. The molecule has 1 heterocycles. The smallest absolute Gasteiger partial charge is 0.317 e. The second-order valence-electron chi connectivity index (χ2n) is 4.55. The Labute approximate surface area is 90.2 Å². The van der Waals surface area contributed by atoms with E-state index >= 15 is 0 Å². The Morgan fingerprint density at radius 2 is 2.20 bits per heavy atom. The Morgan fingerprint density at radius 1 is 1.40 bits per heavy atom. The molecule has 15 heavy (non-hydrogen) atoms. The Balaban J connectivity index is 2.02. The predicted octanol–water partition coefficient (Wildman–Crippen LogP) is 0.962. The molecule has 1 saturated heterocycles. The second-order valence-corrected chi connectivity index (χ2v) is 4.55. The lowest BCUT2D eigenvalue weighted by Gasteiger charge is -2.36. The van der Waals surface area contributed by atoms with Crippen LogP contribution in [-0.2, 0) is 9.53 Å². The van der Waals surface area contributed by atoms with Crippen molar-refractivity contribution in [3.05, 3.63) is 0 Å². The molecule has 2 rings (SSSR count). The maximum absolute atomic E-state index is 10.8. The number of aliphatic carboxylic acids is 1. The standard InChI is InChI=1S/C11H19NO3/c13-11(14)7-12-5-6-15-8-9-3-1-2-4-10(9)12/h9-10H,1-8H2,(H,13,14)/t9-,10-/m1/s1. The van der Waals surface area contributed by atoms with E-state index in [1.807, 2.05) is 0 Å². The molecule has 0 aromatic carbocycles. The molecular formula is C11H19NO3. The molecule has 4 heteroatoms. The van der Waals surface area contributed by atoms with Crippen LogP contribution in [0.5, 0.6) is 0 Å². The summed E-state index contributed by atoms with van der Waals surface area (Å²) in [6.07, 6.45) is 4.84. The van der Waals surface area contributed by atoms with E-state index in [2.05, 4.69) is 4.90 Å². The fraction of sp³-hybridized carbons (Fsp3) is 0.909. The Kier molecular flexibility index (Phi) is 3.59. The minimum absolute atomic E-state index is 0.171. The summed E-state index contributed by atoms with van der Waals surface area (Å²) < 4.78 is 5.54. The quantitative estimate of drug-likeness (QED) is 0.742. The van der Waals surface area contributed by atoms with E-state index in [-0.39, 0.29) is 6.54 Å². The van der Waals surface area contributed by atoms with Gasteiger partial charge in [-0.15, -0.1) is 0 Å². The van der Waals surface area contributed by atoms with Gasteiger partial charge in [-0.05, 0) is 18.8 Å². The van der Waals surface area contributed by atoms with E-state index in [0.717, 1.165) is 19.6 Å². The van der Waals surface area contributed by atoms with Crippen molar-refractivity contribution in [3.8, 4) is 0 Å². The third-order valence-corrected chi connectivity index (χ3v) is 3.53. The molecular weight excluding hydrogens is 194 g/mol. The first-order valence-corrected chi connectivity index (χ1v) is 5.81. The summed E-state index contributed by atoms with van der Waals surface area (Å²) >= 11 is 0. The number of rotatable bonds is 2. The highest BCUT2D eigenvalue weighted by molar-refractivity contribution is 5.69. The van der Waals surface area contributed by atoms with Crippen LogP contribution in [0.25, 0.3) is 0 Å². The topological polar surface area (TPSA) is 49.8 Å². The van der Waals surface area contributed by atoms with Gasteiger partial charge < -0.3 is 9.84 Å². The van der Waals surface area contributed by atoms with Crippen LogP contribution in [0, 0.1) is 5.92 Å². The minimum atomic E-state index is -0.721. The highest BCUT2D eigenvalue weighted by atomic mass is 16.5. The van der Waals surface area contributed by atoms with Gasteiger partial charge in [0.05, 0.1) is 19.8 Å². The third kappa shape index (κ3) is 2.69. The Bertz CT molecular complexity index is 232. The fourth-order valence-electron chi connectivity index (χ4n) is 2.82. The zero-order valence-electron chi connectivity index (χ0n) is 9.02. The predicted molar refractivity (Wildman–Crippen MR) is 55.8 cm³/mol. The zero-order chi connectivity index (χ0) is 10.7. The Hall–Kier alpha value is -0.610. The van der Waals surface area contributed by atoms with Crippen molar-refractivity contribution in [1.82, 2.24) is 4.90 Å². The molecule has 0 unspecified atom stereocenters. The average Bonchev–Trinajstić information content (AvgIpc) is 2.41. The molecule has 0 amide bonds. The number of carbonyl (C=O) groups is 1. The molecule has 2 aliphatic rings. The molecule has 0 bridgehead atoms. The molecule has 0 aromatic rings. The van der Waals surface area contributed by atoms with Crippen LogP contribution < -0.4 is 0 Å². The molecule has 86 valence electrons. The van der Waals surface area contributed by atoms with Gasteiger partial charge in [-0.1, -0.05) is 12.8 Å². The SMILES string of the molecule is O=C(O)CN1CCOC[C@H]2CCCC[C@H]21. The molecule has 0 aromatic heterocycles. The Morgan fingerprint density at radius 3 is 3.00 bits per heavy atom. The van der Waals surface area contributed by atoms with Crippen molar-refractivity contribution < 1.29 is 14.6 Å². The van der Waals surface area contributed by atoms with Crippen molar-refractivity contribution >= 4 is 5.97 Å². The lowest BCUT2D eigenvalue weighted by molar-refractivity contribution is -0.139. The van der Waals surface area contributed by atoms with Crippen molar-refractivity contribution in [2.45, 2.75) is 31.7 Å². The number of carboxylic acid groups (broad SMARTS) is 1. The number of carboxylic acids is 1. The average molecular weight is 213 g/mol. The van der Waals surface area contributed by atoms with E-state index in [1.165, 1.54) is 19.3 Å². The van der Waals surface area contributed by atoms with Gasteiger partial charge in [-0.2, -0.15) is 0 Å². The first kappa shape index (κ1) is 10.9. The molecule has 0 spiro atoms. The lowest BCUT2D eigenvalue weighted by atomic mass is 9.84. The first-order chi connectivity index (χ1) is 7.27. The first-order valence-electron chi connectivity index (χ1n) is 5.81. The van der Waals surface area contributed by atoms with Crippen LogP contribution in [0.4, 0.5) is 0 Å². The summed E-state index contributed by atoms with van der Waals surface area (Å²) in [5.41, 5.74) is 0. The molecule has 0 radical (unpaired) electrons. The largest absolute Gasteiger partial charge is 0.480 e. The molecule has 1 aliphatic heterocycles. The van der Waals surface area contributed by atoms with Gasteiger partial charge in [0, 0.05) is 12.6 Å². The third-order valence-electron chi connectivity index (χ3n) is 3.53. The summed E-state index contributed by atoms with van der Waals surface area (Å²) in [4.78, 5) is 12.9. The van der Waals surface area contributed by atoms with Gasteiger partial charge in [0.15, 0.2) is 0 Å². The number of hydrogen-bond donors (Lipinski definition) is 1. The van der Waals surface area contributed by atoms with Crippen LogP contribution in [0.2, 0.25) is 0 Å². The van der Waals surface area contributed by atoms with Crippen LogP contribution in [0.1, 0.15) is 25.7 Å². The minimum Gasteiger partial charge on any atom is -0.480 e. The zero-order valence-corrected chi connectivity index (χ0v) is 9.02. The normalized spacial score (nSPS) is 33.1. The van der Waals surface area contributed by atoms with Gasteiger partial charge in [-0.25, -0.2) is 0 Å². The number of nitrogens with zero attached hydrogens (tertiary/aromatic N) is 1. The lowest BCUT2D eigenvalue weighted by Crippen LogP contribution is -2.45. The highest BCUT2D eigenvalue weighted by Gasteiger charge is 2.32. The molecule has 1 aliphatic carbocycles. The van der Waals surface area contributed by atoms with Gasteiger partial charge >= 0.3 is 5.97 Å². The summed E-state index contributed by atoms with van der Waals surface area (Å²) in [5.74, 6) is -0.165. The maximum atomic E-state index is 10.8. The molecule has 2 fully saturated rings. The van der Waals surface area contributed by atoms with Gasteiger partial charge in [0.25, 0.3) is 0 Å². The summed E-state index contributed by atoms with van der Waals surface area (Å²) in [7, 11) is 0. The van der Waals surface area contributed by atoms with Crippen molar-refractivity contribution in [1.29, 1.82) is 0 Å². The molecule has 1 saturated carbocycles. The number of ether oxygens (including phenoxy) is 1. The van der Waals surface area contributed by atoms with Crippen molar-refractivity contribution in [2.75, 3.05) is 26.3 Å². The van der Waals surface area contributed by atoms with Crippen LogP contribution in [0.3, 0.4) is 0 Å². The van der Waals surface area contributed by atoms with Crippen LogP contribution >= 0.6 is 0 Å². The van der Waals surface area contributed by atoms with E-state index in [1.54, 1.807) is 0 Å². The number of fused-ring (bicyclic) bond motifs is 1. The fourth-order valence-corrected chi connectivity index (χ4v) is 2.82. The van der Waals surface area contributed by atoms with E-state index in [4.69, 9.17) is 9.84 Å². The van der Waals surface area contributed by atoms with Gasteiger partial charge in [0.1, 0.15) is 0 Å². The van der Waals surface area contributed by atoms with Gasteiger partial charge in [-0.3, -0.25) is 9.69 Å². The summed E-state index contributed by atoms with van der Waals surface area (Å²) in [6.45, 7) is 2.44. The van der Waals surface area contributed by atoms with E-state index < -0.39 is 5.97 Å².